The van der Waals surface area contributed by atoms with Crippen LogP contribution in [-0.4, -0.2) is 42.2 Å². The van der Waals surface area contributed by atoms with Crippen LogP contribution in [0.5, 0.6) is 0 Å². The van der Waals surface area contributed by atoms with E-state index in [1.54, 1.807) is 18.3 Å². The van der Waals surface area contributed by atoms with Crippen LogP contribution in [0.3, 0.4) is 0 Å². The Bertz CT molecular complexity index is 655. The normalized spacial score (nSPS) is 14.6. The van der Waals surface area contributed by atoms with Crippen molar-refractivity contribution in [2.45, 2.75) is 6.54 Å². The summed E-state index contributed by atoms with van der Waals surface area (Å²) in [6, 6.07) is 7.18. The van der Waals surface area contributed by atoms with Gasteiger partial charge in [-0.2, -0.15) is 0 Å². The zero-order valence-corrected chi connectivity index (χ0v) is 13.3. The van der Waals surface area contributed by atoms with Gasteiger partial charge < -0.3 is 15.0 Å². The molecule has 23 heavy (non-hydrogen) atoms. The predicted molar refractivity (Wildman–Crippen MR) is 87.7 cm³/mol. The fraction of sp³-hybridized carbons (Fsp3) is 0.312. The van der Waals surface area contributed by atoms with Crippen LogP contribution in [0.4, 0.5) is 5.82 Å². The lowest BCUT2D eigenvalue weighted by molar-refractivity contribution is 0.0950. The maximum Gasteiger partial charge on any atom is 0.253 e. The Kier molecular flexibility index (Phi) is 5.05. The summed E-state index contributed by atoms with van der Waals surface area (Å²) in [5.74, 6) is 0.747. The average molecular weight is 333 g/mol. The Morgan fingerprint density at radius 2 is 2.00 bits per heavy atom. The molecule has 3 rings (SSSR count). The fourth-order valence-electron chi connectivity index (χ4n) is 2.30. The van der Waals surface area contributed by atoms with Gasteiger partial charge in [0.25, 0.3) is 5.91 Å². The number of nitrogens with one attached hydrogen (secondary N) is 1. The molecule has 1 aliphatic rings. The van der Waals surface area contributed by atoms with Gasteiger partial charge in [0.2, 0.25) is 0 Å². The van der Waals surface area contributed by atoms with Gasteiger partial charge in [0.1, 0.15) is 11.0 Å². The molecule has 1 aliphatic heterocycles. The Morgan fingerprint density at radius 3 is 2.65 bits per heavy atom. The minimum Gasteiger partial charge on any atom is -0.378 e. The first kappa shape index (κ1) is 15.7. The number of pyridine rings is 2. The van der Waals surface area contributed by atoms with Gasteiger partial charge in [-0.05, 0) is 23.8 Å². The van der Waals surface area contributed by atoms with E-state index in [1.807, 2.05) is 12.1 Å². The van der Waals surface area contributed by atoms with Gasteiger partial charge in [0, 0.05) is 32.0 Å². The molecule has 6 nitrogen and oxygen atoms in total. The van der Waals surface area contributed by atoms with Crippen molar-refractivity contribution in [3.8, 4) is 0 Å². The van der Waals surface area contributed by atoms with Crippen molar-refractivity contribution < 1.29 is 9.53 Å². The van der Waals surface area contributed by atoms with Crippen LogP contribution in [0.1, 0.15) is 15.9 Å². The SMILES string of the molecule is O=C(NCc1ccc(N2CCOCC2)nc1)c1ccc(Cl)nc1. The number of anilines is 1. The molecule has 2 aromatic rings. The molecule has 2 aromatic heterocycles. The molecule has 1 saturated heterocycles. The summed E-state index contributed by atoms with van der Waals surface area (Å²) in [5.41, 5.74) is 1.42. The molecule has 7 heteroatoms. The van der Waals surface area contributed by atoms with Crippen LogP contribution >= 0.6 is 11.6 Å². The summed E-state index contributed by atoms with van der Waals surface area (Å²) < 4.78 is 5.33. The predicted octanol–water partition coefficient (Wildman–Crippen LogP) is 1.90. The van der Waals surface area contributed by atoms with Gasteiger partial charge in [-0.25, -0.2) is 9.97 Å². The first-order chi connectivity index (χ1) is 11.2. The molecule has 0 saturated carbocycles. The third-order valence-corrected chi connectivity index (χ3v) is 3.81. The Labute approximate surface area is 139 Å². The van der Waals surface area contributed by atoms with E-state index < -0.39 is 0 Å². The summed E-state index contributed by atoms with van der Waals surface area (Å²) in [5, 5.41) is 3.20. The van der Waals surface area contributed by atoms with E-state index in [1.165, 1.54) is 6.20 Å². The van der Waals surface area contributed by atoms with E-state index in [2.05, 4.69) is 20.2 Å². The molecular weight excluding hydrogens is 316 g/mol. The summed E-state index contributed by atoms with van der Waals surface area (Å²) in [6.45, 7) is 3.58. The highest BCUT2D eigenvalue weighted by Crippen LogP contribution is 2.13. The first-order valence-electron chi connectivity index (χ1n) is 7.40. The van der Waals surface area contributed by atoms with Crippen molar-refractivity contribution in [1.82, 2.24) is 15.3 Å². The maximum atomic E-state index is 12.0. The highest BCUT2D eigenvalue weighted by molar-refractivity contribution is 6.29. The molecule has 0 atom stereocenters. The number of rotatable bonds is 4. The average Bonchev–Trinajstić information content (AvgIpc) is 2.61. The van der Waals surface area contributed by atoms with Gasteiger partial charge in [-0.15, -0.1) is 0 Å². The molecule has 0 aromatic carbocycles. The topological polar surface area (TPSA) is 67.4 Å². The van der Waals surface area contributed by atoms with Gasteiger partial charge in [-0.1, -0.05) is 17.7 Å². The molecule has 1 N–H and O–H groups in total. The smallest absolute Gasteiger partial charge is 0.253 e. The van der Waals surface area contributed by atoms with Crippen LogP contribution < -0.4 is 10.2 Å². The van der Waals surface area contributed by atoms with Crippen LogP contribution in [0, 0.1) is 0 Å². The molecule has 0 radical (unpaired) electrons. The van der Waals surface area contributed by atoms with Crippen molar-refractivity contribution in [2.75, 3.05) is 31.2 Å². The largest absolute Gasteiger partial charge is 0.378 e. The van der Waals surface area contributed by atoms with Crippen molar-refractivity contribution in [3.63, 3.8) is 0 Å². The zero-order chi connectivity index (χ0) is 16.1. The number of morpholine rings is 1. The Hall–Kier alpha value is -2.18. The first-order valence-corrected chi connectivity index (χ1v) is 7.77. The van der Waals surface area contributed by atoms with E-state index in [9.17, 15) is 4.79 Å². The summed E-state index contributed by atoms with van der Waals surface area (Å²) in [6.07, 6.45) is 3.24. The van der Waals surface area contributed by atoms with Crippen molar-refractivity contribution in [3.05, 3.63) is 52.9 Å². The van der Waals surface area contributed by atoms with Gasteiger partial charge in [0.15, 0.2) is 0 Å². The summed E-state index contributed by atoms with van der Waals surface area (Å²) in [4.78, 5) is 22.5. The molecule has 0 aliphatic carbocycles. The number of hydrogen-bond acceptors (Lipinski definition) is 5. The number of amides is 1. The number of hydrogen-bond donors (Lipinski definition) is 1. The van der Waals surface area contributed by atoms with E-state index in [4.69, 9.17) is 16.3 Å². The number of nitrogens with zero attached hydrogens (tertiary/aromatic N) is 3. The molecule has 0 spiro atoms. The molecule has 0 bridgehead atoms. The van der Waals surface area contributed by atoms with Crippen LogP contribution in [0.25, 0.3) is 0 Å². The third-order valence-electron chi connectivity index (χ3n) is 3.59. The molecule has 120 valence electrons. The van der Waals surface area contributed by atoms with Crippen LogP contribution in [-0.2, 0) is 11.3 Å². The Balaban J connectivity index is 1.55. The summed E-state index contributed by atoms with van der Waals surface area (Å²) in [7, 11) is 0. The lowest BCUT2D eigenvalue weighted by Crippen LogP contribution is -2.36. The van der Waals surface area contributed by atoms with E-state index >= 15 is 0 Å². The number of ether oxygens (including phenoxy) is 1. The number of halogens is 1. The second kappa shape index (κ2) is 7.39. The zero-order valence-electron chi connectivity index (χ0n) is 12.5. The van der Waals surface area contributed by atoms with Crippen LogP contribution in [0.2, 0.25) is 5.15 Å². The van der Waals surface area contributed by atoms with Gasteiger partial charge in [-0.3, -0.25) is 4.79 Å². The van der Waals surface area contributed by atoms with E-state index in [-0.39, 0.29) is 5.91 Å². The van der Waals surface area contributed by atoms with Crippen LogP contribution in [0.15, 0.2) is 36.7 Å². The maximum absolute atomic E-state index is 12.0. The molecule has 1 fully saturated rings. The second-order valence-electron chi connectivity index (χ2n) is 5.18. The number of carbonyl (C=O) groups excluding carboxylic acids is 1. The van der Waals surface area contributed by atoms with Gasteiger partial charge in [0.05, 0.1) is 18.8 Å². The molecule has 3 heterocycles. The monoisotopic (exact) mass is 332 g/mol. The van der Waals surface area contributed by atoms with E-state index in [0.717, 1.165) is 37.7 Å². The van der Waals surface area contributed by atoms with Crippen molar-refractivity contribution in [1.29, 1.82) is 0 Å². The van der Waals surface area contributed by atoms with Crippen molar-refractivity contribution in [2.24, 2.45) is 0 Å². The highest BCUT2D eigenvalue weighted by atomic mass is 35.5. The van der Waals surface area contributed by atoms with Gasteiger partial charge >= 0.3 is 0 Å². The standard InChI is InChI=1S/C16H17ClN4O2/c17-14-3-2-13(11-18-14)16(22)20-10-12-1-4-15(19-9-12)21-5-7-23-8-6-21/h1-4,9,11H,5-8,10H2,(H,20,22). The third kappa shape index (κ3) is 4.18. The molecule has 0 unspecified atom stereocenters. The number of carbonyl (C=O) groups is 1. The summed E-state index contributed by atoms with van der Waals surface area (Å²) >= 11 is 5.71. The number of aromatic nitrogens is 2. The quantitative estimate of drug-likeness (QED) is 0.866. The lowest BCUT2D eigenvalue weighted by atomic mass is 10.2. The minimum atomic E-state index is -0.188. The van der Waals surface area contributed by atoms with E-state index in [0.29, 0.717) is 17.3 Å². The molecule has 1 amide bonds. The fourth-order valence-corrected chi connectivity index (χ4v) is 2.41. The molecular formula is C16H17ClN4O2. The highest BCUT2D eigenvalue weighted by Gasteiger charge is 2.12. The lowest BCUT2D eigenvalue weighted by Gasteiger charge is -2.27. The minimum absolute atomic E-state index is 0.188. The van der Waals surface area contributed by atoms with Crippen molar-refractivity contribution >= 4 is 23.3 Å². The Morgan fingerprint density at radius 1 is 1.17 bits per heavy atom. The second-order valence-corrected chi connectivity index (χ2v) is 5.56.